The first-order valence-corrected chi connectivity index (χ1v) is 6.70. The SMILES string of the molecule is CCC1(CC)CCN(C(=O)C2CCNC2)C1. The highest BCUT2D eigenvalue weighted by Gasteiger charge is 2.39. The molecule has 0 saturated carbocycles. The number of nitrogens with zero attached hydrogens (tertiary/aromatic N) is 1. The van der Waals surface area contributed by atoms with Crippen LogP contribution in [-0.2, 0) is 4.79 Å². The lowest BCUT2D eigenvalue weighted by molar-refractivity contribution is -0.134. The molecule has 1 atom stereocenters. The zero-order valence-electron chi connectivity index (χ0n) is 10.6. The van der Waals surface area contributed by atoms with Crippen LogP contribution in [-0.4, -0.2) is 37.0 Å². The topological polar surface area (TPSA) is 32.3 Å². The second-order valence-electron chi connectivity index (χ2n) is 5.41. The average Bonchev–Trinajstić information content (AvgIpc) is 2.98. The van der Waals surface area contributed by atoms with Crippen LogP contribution in [0.4, 0.5) is 0 Å². The van der Waals surface area contributed by atoms with Gasteiger partial charge in [-0.2, -0.15) is 0 Å². The van der Waals surface area contributed by atoms with E-state index in [1.807, 2.05) is 0 Å². The highest BCUT2D eigenvalue weighted by atomic mass is 16.2. The van der Waals surface area contributed by atoms with Crippen molar-refractivity contribution in [3.63, 3.8) is 0 Å². The predicted octanol–water partition coefficient (Wildman–Crippen LogP) is 1.63. The zero-order valence-corrected chi connectivity index (χ0v) is 10.6. The first-order chi connectivity index (χ1) is 7.71. The first-order valence-electron chi connectivity index (χ1n) is 6.70. The van der Waals surface area contributed by atoms with Gasteiger partial charge in [0.2, 0.25) is 5.91 Å². The van der Waals surface area contributed by atoms with Crippen molar-refractivity contribution in [1.82, 2.24) is 10.2 Å². The number of nitrogens with one attached hydrogen (secondary N) is 1. The van der Waals surface area contributed by atoms with Gasteiger partial charge in [-0.3, -0.25) is 4.79 Å². The van der Waals surface area contributed by atoms with Gasteiger partial charge in [-0.1, -0.05) is 13.8 Å². The Morgan fingerprint density at radius 2 is 2.19 bits per heavy atom. The molecule has 2 heterocycles. The molecular formula is C13H24N2O. The van der Waals surface area contributed by atoms with Crippen LogP contribution in [0, 0.1) is 11.3 Å². The molecule has 0 aromatic heterocycles. The van der Waals surface area contributed by atoms with Crippen LogP contribution in [0.25, 0.3) is 0 Å². The standard InChI is InChI=1S/C13H24N2O/c1-3-13(4-2)6-8-15(10-13)12(16)11-5-7-14-9-11/h11,14H,3-10H2,1-2H3. The molecule has 1 N–H and O–H groups in total. The minimum atomic E-state index is 0.254. The highest BCUT2D eigenvalue weighted by Crippen LogP contribution is 2.37. The second kappa shape index (κ2) is 4.74. The third-order valence-corrected chi connectivity index (χ3v) is 4.66. The Morgan fingerprint density at radius 3 is 2.69 bits per heavy atom. The third-order valence-electron chi connectivity index (χ3n) is 4.66. The number of hydrogen-bond acceptors (Lipinski definition) is 2. The van der Waals surface area contributed by atoms with E-state index in [2.05, 4.69) is 24.1 Å². The van der Waals surface area contributed by atoms with Gasteiger partial charge in [0.15, 0.2) is 0 Å². The Bertz CT molecular complexity index is 255. The number of rotatable bonds is 3. The summed E-state index contributed by atoms with van der Waals surface area (Å²) >= 11 is 0. The molecule has 3 nitrogen and oxygen atoms in total. The van der Waals surface area contributed by atoms with Crippen molar-refractivity contribution in [2.24, 2.45) is 11.3 Å². The Morgan fingerprint density at radius 1 is 1.44 bits per heavy atom. The zero-order chi connectivity index (χ0) is 11.6. The molecule has 3 heteroatoms. The lowest BCUT2D eigenvalue weighted by atomic mass is 9.82. The largest absolute Gasteiger partial charge is 0.342 e. The summed E-state index contributed by atoms with van der Waals surface area (Å²) in [6, 6.07) is 0. The Labute approximate surface area is 98.6 Å². The smallest absolute Gasteiger partial charge is 0.227 e. The second-order valence-corrected chi connectivity index (χ2v) is 5.41. The molecule has 0 aromatic rings. The summed E-state index contributed by atoms with van der Waals surface area (Å²) in [4.78, 5) is 14.4. The Hall–Kier alpha value is -0.570. The maximum absolute atomic E-state index is 12.3. The normalized spacial score (nSPS) is 28.6. The lowest BCUT2D eigenvalue weighted by Crippen LogP contribution is -2.37. The molecule has 1 unspecified atom stereocenters. The first kappa shape index (κ1) is 11.9. The number of hydrogen-bond donors (Lipinski definition) is 1. The van der Waals surface area contributed by atoms with Gasteiger partial charge < -0.3 is 10.2 Å². The maximum atomic E-state index is 12.3. The summed E-state index contributed by atoms with van der Waals surface area (Å²) in [6.45, 7) is 8.40. The van der Waals surface area contributed by atoms with Crippen LogP contribution in [0.15, 0.2) is 0 Å². The fourth-order valence-corrected chi connectivity index (χ4v) is 3.07. The van der Waals surface area contributed by atoms with E-state index in [1.165, 1.54) is 19.3 Å². The van der Waals surface area contributed by atoms with Gasteiger partial charge in [-0.25, -0.2) is 0 Å². The van der Waals surface area contributed by atoms with Gasteiger partial charge in [0, 0.05) is 19.6 Å². The number of amides is 1. The van der Waals surface area contributed by atoms with Crippen molar-refractivity contribution in [3.8, 4) is 0 Å². The summed E-state index contributed by atoms with van der Waals surface area (Å²) in [6.07, 6.45) is 4.64. The summed E-state index contributed by atoms with van der Waals surface area (Å²) in [5.41, 5.74) is 0.418. The van der Waals surface area contributed by atoms with E-state index in [0.717, 1.165) is 32.6 Å². The molecule has 0 radical (unpaired) electrons. The highest BCUT2D eigenvalue weighted by molar-refractivity contribution is 5.79. The molecule has 2 rings (SSSR count). The fourth-order valence-electron chi connectivity index (χ4n) is 3.07. The number of carbonyl (C=O) groups excluding carboxylic acids is 1. The van der Waals surface area contributed by atoms with Gasteiger partial charge in [0.05, 0.1) is 5.92 Å². The molecule has 2 saturated heterocycles. The van der Waals surface area contributed by atoms with E-state index in [-0.39, 0.29) is 5.92 Å². The molecule has 16 heavy (non-hydrogen) atoms. The van der Waals surface area contributed by atoms with Crippen molar-refractivity contribution < 1.29 is 4.79 Å². The minimum absolute atomic E-state index is 0.254. The molecule has 1 amide bonds. The molecule has 0 aliphatic carbocycles. The van der Waals surface area contributed by atoms with Crippen LogP contribution in [0.1, 0.15) is 39.5 Å². The Balaban J connectivity index is 1.94. The van der Waals surface area contributed by atoms with E-state index in [1.54, 1.807) is 0 Å². The molecule has 0 aromatic carbocycles. The van der Waals surface area contributed by atoms with Gasteiger partial charge in [0.1, 0.15) is 0 Å². The molecule has 0 bridgehead atoms. The number of likely N-dealkylation sites (tertiary alicyclic amines) is 1. The lowest BCUT2D eigenvalue weighted by Gasteiger charge is -2.27. The Kier molecular flexibility index (Phi) is 3.53. The summed E-state index contributed by atoms with van der Waals surface area (Å²) in [5, 5.41) is 3.28. The monoisotopic (exact) mass is 224 g/mol. The van der Waals surface area contributed by atoms with Gasteiger partial charge in [0.25, 0.3) is 0 Å². The molecular weight excluding hydrogens is 200 g/mol. The van der Waals surface area contributed by atoms with E-state index in [4.69, 9.17) is 0 Å². The molecule has 2 fully saturated rings. The summed E-state index contributed by atoms with van der Waals surface area (Å²) in [5.74, 6) is 0.651. The van der Waals surface area contributed by atoms with Crippen LogP contribution < -0.4 is 5.32 Å². The molecule has 2 aliphatic heterocycles. The molecule has 0 spiro atoms. The average molecular weight is 224 g/mol. The van der Waals surface area contributed by atoms with Crippen LogP contribution in [0.2, 0.25) is 0 Å². The van der Waals surface area contributed by atoms with Crippen LogP contribution >= 0.6 is 0 Å². The van der Waals surface area contributed by atoms with Crippen molar-refractivity contribution in [2.45, 2.75) is 39.5 Å². The fraction of sp³-hybridized carbons (Fsp3) is 0.923. The van der Waals surface area contributed by atoms with E-state index in [0.29, 0.717) is 11.3 Å². The van der Waals surface area contributed by atoms with Crippen molar-refractivity contribution in [2.75, 3.05) is 26.2 Å². The molecule has 92 valence electrons. The van der Waals surface area contributed by atoms with Gasteiger partial charge >= 0.3 is 0 Å². The van der Waals surface area contributed by atoms with Gasteiger partial charge in [-0.15, -0.1) is 0 Å². The maximum Gasteiger partial charge on any atom is 0.227 e. The summed E-state index contributed by atoms with van der Waals surface area (Å²) in [7, 11) is 0. The molecule has 2 aliphatic rings. The number of carbonyl (C=O) groups is 1. The van der Waals surface area contributed by atoms with Gasteiger partial charge in [-0.05, 0) is 37.6 Å². The summed E-state index contributed by atoms with van der Waals surface area (Å²) < 4.78 is 0. The third kappa shape index (κ3) is 2.10. The van der Waals surface area contributed by atoms with Crippen molar-refractivity contribution >= 4 is 5.91 Å². The van der Waals surface area contributed by atoms with Crippen LogP contribution in [0.3, 0.4) is 0 Å². The predicted molar refractivity (Wildman–Crippen MR) is 65.2 cm³/mol. The van der Waals surface area contributed by atoms with E-state index < -0.39 is 0 Å². The minimum Gasteiger partial charge on any atom is -0.342 e. The van der Waals surface area contributed by atoms with E-state index >= 15 is 0 Å². The van der Waals surface area contributed by atoms with E-state index in [9.17, 15) is 4.79 Å². The quantitative estimate of drug-likeness (QED) is 0.790. The van der Waals surface area contributed by atoms with Crippen molar-refractivity contribution in [3.05, 3.63) is 0 Å². The van der Waals surface area contributed by atoms with Crippen molar-refractivity contribution in [1.29, 1.82) is 0 Å². The van der Waals surface area contributed by atoms with Crippen LogP contribution in [0.5, 0.6) is 0 Å².